The third-order valence-corrected chi connectivity index (χ3v) is 3.20. The van der Waals surface area contributed by atoms with Crippen molar-refractivity contribution in [2.24, 2.45) is 11.3 Å². The van der Waals surface area contributed by atoms with Crippen molar-refractivity contribution >= 4 is 5.91 Å². The Morgan fingerprint density at radius 1 is 1.44 bits per heavy atom. The lowest BCUT2D eigenvalue weighted by Crippen LogP contribution is -2.41. The molecule has 1 amide bonds. The number of nitriles is 2. The molecule has 86 valence electrons. The molecule has 16 heavy (non-hydrogen) atoms. The predicted molar refractivity (Wildman–Crippen MR) is 58.9 cm³/mol. The van der Waals surface area contributed by atoms with Crippen molar-refractivity contribution in [3.63, 3.8) is 0 Å². The number of hydrogen-bond donors (Lipinski definition) is 0. The summed E-state index contributed by atoms with van der Waals surface area (Å²) in [5.74, 6) is -0.305. The normalized spacial score (nSPS) is 19.5. The van der Waals surface area contributed by atoms with Crippen LogP contribution in [0.3, 0.4) is 0 Å². The fraction of sp³-hybridized carbons (Fsp3) is 0.750. The van der Waals surface area contributed by atoms with E-state index in [4.69, 9.17) is 10.5 Å². The van der Waals surface area contributed by atoms with Gasteiger partial charge in [0, 0.05) is 13.6 Å². The van der Waals surface area contributed by atoms with Crippen LogP contribution in [0.15, 0.2) is 0 Å². The fourth-order valence-electron chi connectivity index (χ4n) is 2.25. The number of hydrogen-bond acceptors (Lipinski definition) is 3. The van der Waals surface area contributed by atoms with Crippen molar-refractivity contribution in [1.29, 1.82) is 10.5 Å². The molecule has 1 saturated carbocycles. The molecule has 1 fully saturated rings. The maximum Gasteiger partial charge on any atom is 0.242 e. The smallest absolute Gasteiger partial charge is 0.242 e. The molecule has 4 nitrogen and oxygen atoms in total. The molecule has 0 heterocycles. The lowest BCUT2D eigenvalue weighted by molar-refractivity contribution is -0.137. The van der Waals surface area contributed by atoms with Crippen LogP contribution in [0.25, 0.3) is 0 Å². The molecule has 1 unspecified atom stereocenters. The Hall–Kier alpha value is -1.55. The highest BCUT2D eigenvalue weighted by atomic mass is 16.2. The van der Waals surface area contributed by atoms with E-state index in [1.165, 1.54) is 4.90 Å². The summed E-state index contributed by atoms with van der Waals surface area (Å²) in [6.45, 7) is 2.18. The van der Waals surface area contributed by atoms with Crippen molar-refractivity contribution in [3.8, 4) is 12.1 Å². The summed E-state index contributed by atoms with van der Waals surface area (Å²) >= 11 is 0. The van der Waals surface area contributed by atoms with Gasteiger partial charge in [-0.25, -0.2) is 0 Å². The second kappa shape index (κ2) is 4.99. The van der Waals surface area contributed by atoms with E-state index < -0.39 is 5.41 Å². The monoisotopic (exact) mass is 219 g/mol. The number of nitrogens with zero attached hydrogens (tertiary/aromatic N) is 3. The van der Waals surface area contributed by atoms with Gasteiger partial charge in [0.05, 0.1) is 18.1 Å². The quantitative estimate of drug-likeness (QED) is 0.725. The molecule has 1 rings (SSSR count). The van der Waals surface area contributed by atoms with Gasteiger partial charge in [-0.1, -0.05) is 12.8 Å². The van der Waals surface area contributed by atoms with E-state index in [0.717, 1.165) is 12.8 Å². The van der Waals surface area contributed by atoms with Gasteiger partial charge in [-0.15, -0.1) is 0 Å². The first-order valence-electron chi connectivity index (χ1n) is 5.62. The average Bonchev–Trinajstić information content (AvgIpc) is 2.77. The summed E-state index contributed by atoms with van der Waals surface area (Å²) < 4.78 is 0. The molecule has 0 N–H and O–H groups in total. The second-order valence-corrected chi connectivity index (χ2v) is 4.62. The minimum atomic E-state index is -0.816. The molecule has 0 spiro atoms. The molecule has 0 saturated heterocycles. The van der Waals surface area contributed by atoms with Gasteiger partial charge in [0.15, 0.2) is 0 Å². The zero-order chi connectivity index (χ0) is 12.2. The Balaban J connectivity index is 2.70. The largest absolute Gasteiger partial charge is 0.343 e. The van der Waals surface area contributed by atoms with E-state index in [1.54, 1.807) is 14.0 Å². The van der Waals surface area contributed by atoms with Crippen LogP contribution in [0, 0.1) is 34.0 Å². The first-order valence-corrected chi connectivity index (χ1v) is 5.62. The van der Waals surface area contributed by atoms with Crippen LogP contribution in [0.1, 0.15) is 32.6 Å². The van der Waals surface area contributed by atoms with Crippen LogP contribution < -0.4 is 0 Å². The van der Waals surface area contributed by atoms with Gasteiger partial charge < -0.3 is 4.90 Å². The highest BCUT2D eigenvalue weighted by Crippen LogP contribution is 2.38. The maximum atomic E-state index is 12.1. The molecule has 0 aromatic rings. The van der Waals surface area contributed by atoms with E-state index in [9.17, 15) is 4.79 Å². The summed E-state index contributed by atoms with van der Waals surface area (Å²) in [5, 5.41) is 17.9. The van der Waals surface area contributed by atoms with E-state index in [-0.39, 0.29) is 11.8 Å². The molecule has 0 aromatic carbocycles. The molecular weight excluding hydrogens is 202 g/mol. The summed E-state index contributed by atoms with van der Waals surface area (Å²) in [4.78, 5) is 13.7. The number of amides is 1. The zero-order valence-corrected chi connectivity index (χ0v) is 9.86. The van der Waals surface area contributed by atoms with Crippen molar-refractivity contribution in [3.05, 3.63) is 0 Å². The minimum Gasteiger partial charge on any atom is -0.343 e. The molecule has 1 aliphatic carbocycles. The Morgan fingerprint density at radius 2 is 2.00 bits per heavy atom. The molecule has 1 aliphatic rings. The first kappa shape index (κ1) is 12.5. The summed E-state index contributed by atoms with van der Waals surface area (Å²) in [6.07, 6.45) is 3.21. The Morgan fingerprint density at radius 3 is 2.44 bits per heavy atom. The van der Waals surface area contributed by atoms with Crippen LogP contribution in [0.5, 0.6) is 0 Å². The fourth-order valence-corrected chi connectivity index (χ4v) is 2.25. The zero-order valence-electron chi connectivity index (χ0n) is 9.86. The third-order valence-electron chi connectivity index (χ3n) is 3.20. The van der Waals surface area contributed by atoms with Gasteiger partial charge in [0.25, 0.3) is 0 Å². The minimum absolute atomic E-state index is 0.116. The lowest BCUT2D eigenvalue weighted by atomic mass is 9.86. The SMILES string of the molecule is CC(C#N)CN(C)C(=O)C1(C#N)CCCC1. The number of carbonyl (C=O) groups excluding carboxylic acids is 1. The topological polar surface area (TPSA) is 67.9 Å². The third kappa shape index (κ3) is 2.33. The molecule has 1 atom stereocenters. The first-order chi connectivity index (χ1) is 7.55. The average molecular weight is 219 g/mol. The Labute approximate surface area is 96.5 Å². The van der Waals surface area contributed by atoms with Gasteiger partial charge in [-0.3, -0.25) is 4.79 Å². The van der Waals surface area contributed by atoms with E-state index in [0.29, 0.717) is 19.4 Å². The molecule has 0 aromatic heterocycles. The van der Waals surface area contributed by atoms with Gasteiger partial charge in [0.1, 0.15) is 5.41 Å². The lowest BCUT2D eigenvalue weighted by Gasteiger charge is -2.27. The van der Waals surface area contributed by atoms with E-state index >= 15 is 0 Å². The molecule has 0 bridgehead atoms. The van der Waals surface area contributed by atoms with Crippen LogP contribution in [0.4, 0.5) is 0 Å². The maximum absolute atomic E-state index is 12.1. The van der Waals surface area contributed by atoms with Gasteiger partial charge in [0.2, 0.25) is 5.91 Å². The molecule has 0 radical (unpaired) electrons. The van der Waals surface area contributed by atoms with Gasteiger partial charge in [-0.05, 0) is 19.8 Å². The highest BCUT2D eigenvalue weighted by Gasteiger charge is 2.43. The van der Waals surface area contributed by atoms with Crippen molar-refractivity contribution in [1.82, 2.24) is 4.90 Å². The highest BCUT2D eigenvalue weighted by molar-refractivity contribution is 5.85. The Kier molecular flexibility index (Phi) is 3.90. The number of rotatable bonds is 3. The summed E-state index contributed by atoms with van der Waals surface area (Å²) in [7, 11) is 1.67. The molecule has 4 heteroatoms. The molecule has 0 aliphatic heterocycles. The van der Waals surface area contributed by atoms with Gasteiger partial charge >= 0.3 is 0 Å². The van der Waals surface area contributed by atoms with E-state index in [1.807, 2.05) is 0 Å². The number of carbonyl (C=O) groups is 1. The molecular formula is C12H17N3O. The van der Waals surface area contributed by atoms with Gasteiger partial charge in [-0.2, -0.15) is 10.5 Å². The van der Waals surface area contributed by atoms with Crippen molar-refractivity contribution in [2.45, 2.75) is 32.6 Å². The van der Waals surface area contributed by atoms with Crippen LogP contribution in [0.2, 0.25) is 0 Å². The summed E-state index contributed by atoms with van der Waals surface area (Å²) in [5.41, 5.74) is -0.816. The standard InChI is InChI=1S/C12H17N3O/c1-10(7-13)8-15(2)11(16)12(9-14)5-3-4-6-12/h10H,3-6,8H2,1-2H3. The predicted octanol–water partition coefficient (Wildman–Crippen LogP) is 1.69. The van der Waals surface area contributed by atoms with Crippen LogP contribution in [-0.4, -0.2) is 24.4 Å². The van der Waals surface area contributed by atoms with Crippen LogP contribution in [-0.2, 0) is 4.79 Å². The second-order valence-electron chi connectivity index (χ2n) is 4.62. The van der Waals surface area contributed by atoms with E-state index in [2.05, 4.69) is 12.1 Å². The van der Waals surface area contributed by atoms with Crippen molar-refractivity contribution < 1.29 is 4.79 Å². The Bertz CT molecular complexity index is 344. The summed E-state index contributed by atoms with van der Waals surface area (Å²) in [6, 6.07) is 4.27. The van der Waals surface area contributed by atoms with Crippen molar-refractivity contribution in [2.75, 3.05) is 13.6 Å². The van der Waals surface area contributed by atoms with Crippen LogP contribution >= 0.6 is 0 Å².